The van der Waals surface area contributed by atoms with Crippen molar-refractivity contribution >= 4 is 0 Å². The summed E-state index contributed by atoms with van der Waals surface area (Å²) in [6.07, 6.45) is 9.95. The van der Waals surface area contributed by atoms with Gasteiger partial charge in [0, 0.05) is 37.9 Å². The van der Waals surface area contributed by atoms with Crippen molar-refractivity contribution in [3.63, 3.8) is 0 Å². The molecule has 1 aromatic rings. The highest BCUT2D eigenvalue weighted by Crippen LogP contribution is 2.28. The van der Waals surface area contributed by atoms with Crippen LogP contribution in [0.2, 0.25) is 0 Å². The van der Waals surface area contributed by atoms with Gasteiger partial charge < -0.3 is 5.32 Å². The molecule has 2 unspecified atom stereocenters. The zero-order chi connectivity index (χ0) is 14.7. The summed E-state index contributed by atoms with van der Waals surface area (Å²) in [5.41, 5.74) is 0.978. The third-order valence-corrected chi connectivity index (χ3v) is 5.10. The quantitative estimate of drug-likeness (QED) is 0.928. The lowest BCUT2D eigenvalue weighted by Crippen LogP contribution is -2.57. The second-order valence-electron chi connectivity index (χ2n) is 6.70. The first kappa shape index (κ1) is 14.9. The summed E-state index contributed by atoms with van der Waals surface area (Å²) >= 11 is 0. The van der Waals surface area contributed by atoms with Gasteiger partial charge in [-0.25, -0.2) is 4.39 Å². The maximum Gasteiger partial charge on any atom is 0.141 e. The van der Waals surface area contributed by atoms with Crippen LogP contribution in [0.4, 0.5) is 4.39 Å². The molecule has 2 fully saturated rings. The van der Waals surface area contributed by atoms with E-state index in [9.17, 15) is 4.39 Å². The van der Waals surface area contributed by atoms with E-state index in [1.54, 1.807) is 12.3 Å². The van der Waals surface area contributed by atoms with Crippen molar-refractivity contribution in [3.8, 4) is 0 Å². The van der Waals surface area contributed by atoms with E-state index in [1.807, 2.05) is 0 Å². The Morgan fingerprint density at radius 2 is 2.10 bits per heavy atom. The number of nitrogens with one attached hydrogen (secondary N) is 1. The third kappa shape index (κ3) is 3.80. The molecule has 1 saturated carbocycles. The van der Waals surface area contributed by atoms with Crippen LogP contribution in [0.25, 0.3) is 0 Å². The Labute approximate surface area is 126 Å². The lowest BCUT2D eigenvalue weighted by atomic mass is 9.82. The number of piperazine rings is 1. The average Bonchev–Trinajstić information content (AvgIpc) is 2.50. The first-order valence-electron chi connectivity index (χ1n) is 8.29. The molecule has 21 heavy (non-hydrogen) atoms. The lowest BCUT2D eigenvalue weighted by Gasteiger charge is -2.42. The van der Waals surface area contributed by atoms with Crippen molar-refractivity contribution in [2.24, 2.45) is 5.92 Å². The van der Waals surface area contributed by atoms with Crippen LogP contribution in [0, 0.1) is 11.7 Å². The predicted octanol–water partition coefficient (Wildman–Crippen LogP) is 2.96. The van der Waals surface area contributed by atoms with Crippen molar-refractivity contribution in [1.82, 2.24) is 15.2 Å². The number of aromatic nitrogens is 1. The van der Waals surface area contributed by atoms with Crippen molar-refractivity contribution in [2.75, 3.05) is 13.1 Å². The zero-order valence-corrected chi connectivity index (χ0v) is 12.9. The van der Waals surface area contributed by atoms with Gasteiger partial charge >= 0.3 is 0 Å². The predicted molar refractivity (Wildman–Crippen MR) is 82.4 cm³/mol. The van der Waals surface area contributed by atoms with E-state index in [0.29, 0.717) is 12.1 Å². The van der Waals surface area contributed by atoms with E-state index in [0.717, 1.165) is 31.1 Å². The van der Waals surface area contributed by atoms with Crippen molar-refractivity contribution < 1.29 is 4.39 Å². The molecule has 2 aliphatic rings. The van der Waals surface area contributed by atoms with Crippen molar-refractivity contribution in [2.45, 2.75) is 57.7 Å². The Kier molecular flexibility index (Phi) is 4.86. The molecular weight excluding hydrogens is 265 g/mol. The molecule has 2 atom stereocenters. The molecule has 3 nitrogen and oxygen atoms in total. The molecule has 0 bridgehead atoms. The van der Waals surface area contributed by atoms with Gasteiger partial charge in [0.15, 0.2) is 0 Å². The van der Waals surface area contributed by atoms with E-state index >= 15 is 0 Å². The van der Waals surface area contributed by atoms with Crippen LogP contribution in [-0.2, 0) is 6.54 Å². The highest BCUT2D eigenvalue weighted by atomic mass is 19.1. The summed E-state index contributed by atoms with van der Waals surface area (Å²) in [4.78, 5) is 6.44. The fourth-order valence-corrected chi connectivity index (χ4v) is 3.80. The number of rotatable bonds is 3. The minimum absolute atomic E-state index is 0.237. The highest BCUT2D eigenvalue weighted by Gasteiger charge is 2.30. The minimum atomic E-state index is -0.237. The summed E-state index contributed by atoms with van der Waals surface area (Å²) in [7, 11) is 0. The van der Waals surface area contributed by atoms with Crippen LogP contribution >= 0.6 is 0 Å². The van der Waals surface area contributed by atoms with Gasteiger partial charge in [-0.2, -0.15) is 0 Å². The molecule has 1 N–H and O–H groups in total. The maximum absolute atomic E-state index is 13.3. The second-order valence-corrected chi connectivity index (χ2v) is 6.70. The zero-order valence-electron chi connectivity index (χ0n) is 12.9. The Hall–Kier alpha value is -1.00. The Morgan fingerprint density at radius 3 is 2.86 bits per heavy atom. The number of halogens is 1. The average molecular weight is 291 g/mol. The molecule has 4 heteroatoms. The summed E-state index contributed by atoms with van der Waals surface area (Å²) in [6, 6.07) is 2.70. The first-order chi connectivity index (χ1) is 10.2. The molecule has 0 aromatic carbocycles. The van der Waals surface area contributed by atoms with E-state index in [1.165, 1.54) is 38.3 Å². The topological polar surface area (TPSA) is 28.2 Å². The summed E-state index contributed by atoms with van der Waals surface area (Å²) < 4.78 is 13.3. The van der Waals surface area contributed by atoms with Crippen LogP contribution in [0.5, 0.6) is 0 Å². The SMILES string of the molecule is CC1CNC(C2CCCCC2)CN1Cc1cncc(F)c1. The standard InChI is InChI=1S/C17H26FN3/c1-13-8-20-17(15-5-3-2-4-6-15)12-21(13)11-14-7-16(18)10-19-9-14/h7,9-10,13,15,17,20H,2-6,8,11-12H2,1H3. The van der Waals surface area contributed by atoms with E-state index in [4.69, 9.17) is 0 Å². The normalized spacial score (nSPS) is 28.7. The number of hydrogen-bond donors (Lipinski definition) is 1. The molecule has 2 heterocycles. The molecule has 0 amide bonds. The number of hydrogen-bond acceptors (Lipinski definition) is 3. The van der Waals surface area contributed by atoms with Gasteiger partial charge in [0.25, 0.3) is 0 Å². The Bertz CT molecular complexity index is 459. The van der Waals surface area contributed by atoms with Crippen LogP contribution in [0.1, 0.15) is 44.6 Å². The monoisotopic (exact) mass is 291 g/mol. The molecule has 1 aromatic heterocycles. The smallest absolute Gasteiger partial charge is 0.141 e. The fourth-order valence-electron chi connectivity index (χ4n) is 3.80. The largest absolute Gasteiger partial charge is 0.311 e. The van der Waals surface area contributed by atoms with Gasteiger partial charge in [0.1, 0.15) is 5.82 Å². The van der Waals surface area contributed by atoms with Gasteiger partial charge in [-0.05, 0) is 37.3 Å². The highest BCUT2D eigenvalue weighted by molar-refractivity contribution is 5.10. The molecular formula is C17H26FN3. The minimum Gasteiger partial charge on any atom is -0.311 e. The fraction of sp³-hybridized carbons (Fsp3) is 0.706. The van der Waals surface area contributed by atoms with Gasteiger partial charge in [-0.15, -0.1) is 0 Å². The maximum atomic E-state index is 13.3. The van der Waals surface area contributed by atoms with Crippen LogP contribution in [-0.4, -0.2) is 35.1 Å². The third-order valence-electron chi connectivity index (χ3n) is 5.10. The molecule has 1 saturated heterocycles. The van der Waals surface area contributed by atoms with Crippen molar-refractivity contribution in [3.05, 3.63) is 29.8 Å². The Balaban J connectivity index is 1.63. The summed E-state index contributed by atoms with van der Waals surface area (Å²) in [5.74, 6) is 0.582. The molecule has 1 aliphatic heterocycles. The van der Waals surface area contributed by atoms with E-state index < -0.39 is 0 Å². The number of nitrogens with zero attached hydrogens (tertiary/aromatic N) is 2. The molecule has 0 spiro atoms. The van der Waals surface area contributed by atoms with E-state index in [2.05, 4.69) is 22.1 Å². The molecule has 1 aliphatic carbocycles. The summed E-state index contributed by atoms with van der Waals surface area (Å²) in [5, 5.41) is 3.73. The van der Waals surface area contributed by atoms with Crippen LogP contribution in [0.3, 0.4) is 0 Å². The number of pyridine rings is 1. The summed E-state index contributed by atoms with van der Waals surface area (Å²) in [6.45, 7) is 5.15. The molecule has 3 rings (SSSR count). The van der Waals surface area contributed by atoms with Crippen molar-refractivity contribution in [1.29, 1.82) is 0 Å². The second kappa shape index (κ2) is 6.84. The lowest BCUT2D eigenvalue weighted by molar-refractivity contribution is 0.0979. The van der Waals surface area contributed by atoms with Gasteiger partial charge in [0.05, 0.1) is 6.20 Å². The Morgan fingerprint density at radius 1 is 1.29 bits per heavy atom. The molecule has 116 valence electrons. The van der Waals surface area contributed by atoms with Gasteiger partial charge in [-0.3, -0.25) is 9.88 Å². The van der Waals surface area contributed by atoms with Gasteiger partial charge in [0.2, 0.25) is 0 Å². The molecule has 0 radical (unpaired) electrons. The van der Waals surface area contributed by atoms with Crippen LogP contribution < -0.4 is 5.32 Å². The van der Waals surface area contributed by atoms with Crippen LogP contribution in [0.15, 0.2) is 18.5 Å². The first-order valence-corrected chi connectivity index (χ1v) is 8.29. The van der Waals surface area contributed by atoms with Gasteiger partial charge in [-0.1, -0.05) is 19.3 Å². The van der Waals surface area contributed by atoms with E-state index in [-0.39, 0.29) is 5.82 Å².